The van der Waals surface area contributed by atoms with Crippen molar-refractivity contribution in [2.75, 3.05) is 4.90 Å². The number of hydrogen-bond acceptors (Lipinski definition) is 2. The van der Waals surface area contributed by atoms with Gasteiger partial charge in [-0.05, 0) is 49.5 Å². The molecule has 2 heterocycles. The van der Waals surface area contributed by atoms with Crippen molar-refractivity contribution in [2.24, 2.45) is 0 Å². The number of thiocarbonyl (C=S) groups is 1. The minimum absolute atomic E-state index is 0.0306. The Morgan fingerprint density at radius 1 is 1.27 bits per heavy atom. The van der Waals surface area contributed by atoms with E-state index >= 15 is 0 Å². The highest BCUT2D eigenvalue weighted by Gasteiger charge is 2.48. The molecule has 0 aromatic heterocycles. The van der Waals surface area contributed by atoms with Crippen LogP contribution in [-0.4, -0.2) is 10.8 Å². The molecule has 2 bridgehead atoms. The van der Waals surface area contributed by atoms with Gasteiger partial charge in [-0.2, -0.15) is 0 Å². The molecule has 0 saturated carbocycles. The molecule has 2 atom stereocenters. The largest absolute Gasteiger partial charge is 0.467 e. The average Bonchev–Trinajstić information content (AvgIpc) is 2.48. The molecular weight excluding hydrogens is 299 g/mol. The molecule has 1 fully saturated rings. The summed E-state index contributed by atoms with van der Waals surface area (Å²) >= 11 is 5.54. The van der Waals surface area contributed by atoms with Crippen LogP contribution < -0.4 is 15.0 Å². The summed E-state index contributed by atoms with van der Waals surface area (Å²) in [6.07, 6.45) is 0.693. The van der Waals surface area contributed by atoms with E-state index in [9.17, 15) is 4.39 Å². The first-order valence-corrected chi connectivity index (χ1v) is 7.62. The van der Waals surface area contributed by atoms with Gasteiger partial charge in [-0.1, -0.05) is 18.2 Å². The highest BCUT2D eigenvalue weighted by molar-refractivity contribution is 7.80. The summed E-state index contributed by atoms with van der Waals surface area (Å²) in [5, 5.41) is 3.91. The van der Waals surface area contributed by atoms with Gasteiger partial charge in [0, 0.05) is 17.7 Å². The number of para-hydroxylation sites is 1. The molecule has 0 radical (unpaired) electrons. The van der Waals surface area contributed by atoms with E-state index in [1.165, 1.54) is 12.1 Å². The van der Waals surface area contributed by atoms with Crippen molar-refractivity contribution >= 4 is 23.0 Å². The summed E-state index contributed by atoms with van der Waals surface area (Å²) in [4.78, 5) is 1.99. The summed E-state index contributed by atoms with van der Waals surface area (Å²) in [6.45, 7) is 2.02. The monoisotopic (exact) mass is 314 g/mol. The fourth-order valence-electron chi connectivity index (χ4n) is 3.31. The number of rotatable bonds is 1. The van der Waals surface area contributed by atoms with Crippen molar-refractivity contribution in [3.05, 3.63) is 59.9 Å². The van der Waals surface area contributed by atoms with E-state index in [1.807, 2.05) is 42.2 Å². The first-order valence-electron chi connectivity index (χ1n) is 7.21. The van der Waals surface area contributed by atoms with E-state index in [0.717, 1.165) is 11.3 Å². The Morgan fingerprint density at radius 3 is 2.82 bits per heavy atom. The normalized spacial score (nSPS) is 26.0. The highest BCUT2D eigenvalue weighted by Crippen LogP contribution is 2.45. The second kappa shape index (κ2) is 4.68. The fourth-order valence-corrected chi connectivity index (χ4v) is 3.75. The molecule has 5 heteroatoms. The van der Waals surface area contributed by atoms with Crippen molar-refractivity contribution in [2.45, 2.75) is 25.1 Å². The maximum Gasteiger partial charge on any atom is 0.188 e. The Morgan fingerprint density at radius 2 is 2.05 bits per heavy atom. The fraction of sp³-hybridized carbons (Fsp3) is 0.235. The lowest BCUT2D eigenvalue weighted by Crippen LogP contribution is -2.65. The minimum Gasteiger partial charge on any atom is -0.467 e. The Labute approximate surface area is 133 Å². The molecule has 3 nitrogen and oxygen atoms in total. The summed E-state index contributed by atoms with van der Waals surface area (Å²) in [5.41, 5.74) is 1.22. The maximum absolute atomic E-state index is 13.5. The highest BCUT2D eigenvalue weighted by atomic mass is 32.1. The SMILES string of the molecule is C[C@]12C[C@H](NC(=S)N1c1ccccc1)c1cc(F)ccc1O2. The van der Waals surface area contributed by atoms with Crippen LogP contribution in [0, 0.1) is 5.82 Å². The van der Waals surface area contributed by atoms with Crippen molar-refractivity contribution in [3.8, 4) is 5.75 Å². The van der Waals surface area contributed by atoms with Crippen LogP contribution >= 0.6 is 12.2 Å². The standard InChI is InChI=1S/C17H15FN2OS/c1-17-10-14(13-9-11(18)7-8-15(13)21-17)19-16(22)20(17)12-5-3-2-4-6-12/h2-9,14H,10H2,1H3,(H,19,22)/t14-,17-/m0/s1. The van der Waals surface area contributed by atoms with Gasteiger partial charge in [-0.3, -0.25) is 4.90 Å². The van der Waals surface area contributed by atoms with Gasteiger partial charge in [-0.25, -0.2) is 4.39 Å². The summed E-state index contributed by atoms with van der Waals surface area (Å²) < 4.78 is 19.7. The third-order valence-corrected chi connectivity index (χ3v) is 4.55. The first kappa shape index (κ1) is 13.5. The number of nitrogens with zero attached hydrogens (tertiary/aromatic N) is 1. The van der Waals surface area contributed by atoms with Gasteiger partial charge in [0.25, 0.3) is 0 Å². The molecule has 0 unspecified atom stereocenters. The Bertz CT molecular complexity index is 752. The number of ether oxygens (including phenoxy) is 1. The van der Waals surface area contributed by atoms with Crippen LogP contribution in [0.2, 0.25) is 0 Å². The van der Waals surface area contributed by atoms with Crippen LogP contribution in [0.3, 0.4) is 0 Å². The zero-order chi connectivity index (χ0) is 15.3. The van der Waals surface area contributed by atoms with Gasteiger partial charge in [-0.15, -0.1) is 0 Å². The molecule has 4 rings (SSSR count). The molecule has 22 heavy (non-hydrogen) atoms. The average molecular weight is 314 g/mol. The number of nitrogens with one attached hydrogen (secondary N) is 1. The van der Waals surface area contributed by atoms with Crippen LogP contribution in [0.25, 0.3) is 0 Å². The third kappa shape index (κ3) is 1.96. The van der Waals surface area contributed by atoms with E-state index in [0.29, 0.717) is 17.3 Å². The van der Waals surface area contributed by atoms with Gasteiger partial charge in [0.1, 0.15) is 11.6 Å². The molecule has 0 amide bonds. The Hall–Kier alpha value is -2.14. The van der Waals surface area contributed by atoms with Crippen LogP contribution in [0.5, 0.6) is 5.75 Å². The van der Waals surface area contributed by atoms with Crippen molar-refractivity contribution < 1.29 is 9.13 Å². The van der Waals surface area contributed by atoms with E-state index in [4.69, 9.17) is 17.0 Å². The number of benzene rings is 2. The Kier molecular flexibility index (Phi) is 2.87. The van der Waals surface area contributed by atoms with Gasteiger partial charge in [0.15, 0.2) is 10.8 Å². The quantitative estimate of drug-likeness (QED) is 0.810. The van der Waals surface area contributed by atoms with Crippen LogP contribution in [-0.2, 0) is 0 Å². The zero-order valence-electron chi connectivity index (χ0n) is 12.0. The molecule has 2 aromatic carbocycles. The summed E-state index contributed by atoms with van der Waals surface area (Å²) in [7, 11) is 0. The van der Waals surface area contributed by atoms with Crippen molar-refractivity contribution in [1.82, 2.24) is 5.32 Å². The number of halogens is 1. The van der Waals surface area contributed by atoms with E-state index in [1.54, 1.807) is 6.07 Å². The molecule has 1 N–H and O–H groups in total. The van der Waals surface area contributed by atoms with Crippen molar-refractivity contribution in [3.63, 3.8) is 0 Å². The predicted octanol–water partition coefficient (Wildman–Crippen LogP) is 3.76. The second-order valence-electron chi connectivity index (χ2n) is 5.84. The lowest BCUT2D eigenvalue weighted by Gasteiger charge is -2.52. The summed E-state index contributed by atoms with van der Waals surface area (Å²) in [6, 6.07) is 14.5. The van der Waals surface area contributed by atoms with Crippen LogP contribution in [0.1, 0.15) is 24.9 Å². The van der Waals surface area contributed by atoms with E-state index in [-0.39, 0.29) is 11.9 Å². The maximum atomic E-state index is 13.5. The lowest BCUT2D eigenvalue weighted by molar-refractivity contribution is 0.0495. The molecule has 0 aliphatic carbocycles. The second-order valence-corrected chi connectivity index (χ2v) is 6.22. The molecule has 112 valence electrons. The predicted molar refractivity (Wildman–Crippen MR) is 87.4 cm³/mol. The van der Waals surface area contributed by atoms with E-state index < -0.39 is 5.72 Å². The van der Waals surface area contributed by atoms with Crippen molar-refractivity contribution in [1.29, 1.82) is 0 Å². The first-order chi connectivity index (χ1) is 10.6. The molecule has 2 aliphatic heterocycles. The van der Waals surface area contributed by atoms with Gasteiger partial charge >= 0.3 is 0 Å². The topological polar surface area (TPSA) is 24.5 Å². The van der Waals surface area contributed by atoms with Gasteiger partial charge < -0.3 is 10.1 Å². The minimum atomic E-state index is -0.584. The Balaban J connectivity index is 1.81. The van der Waals surface area contributed by atoms with Crippen LogP contribution in [0.4, 0.5) is 10.1 Å². The smallest absolute Gasteiger partial charge is 0.188 e. The number of anilines is 1. The molecule has 1 saturated heterocycles. The van der Waals surface area contributed by atoms with Crippen LogP contribution in [0.15, 0.2) is 48.5 Å². The molecular formula is C17H15FN2OS. The van der Waals surface area contributed by atoms with Gasteiger partial charge in [0.2, 0.25) is 0 Å². The number of hydrogen-bond donors (Lipinski definition) is 1. The third-order valence-electron chi connectivity index (χ3n) is 4.25. The van der Waals surface area contributed by atoms with E-state index in [2.05, 4.69) is 5.32 Å². The molecule has 2 aromatic rings. The number of fused-ring (bicyclic) bond motifs is 4. The lowest BCUT2D eigenvalue weighted by atomic mass is 9.90. The molecule has 0 spiro atoms. The zero-order valence-corrected chi connectivity index (χ0v) is 12.9. The molecule has 2 aliphatic rings. The van der Waals surface area contributed by atoms with Gasteiger partial charge in [0.05, 0.1) is 6.04 Å². The summed E-state index contributed by atoms with van der Waals surface area (Å²) in [5.74, 6) is 0.445.